The Morgan fingerprint density at radius 1 is 0.900 bits per heavy atom. The molecule has 0 aliphatic carbocycles. The van der Waals surface area contributed by atoms with Crippen molar-refractivity contribution in [3.8, 4) is 0 Å². The highest BCUT2D eigenvalue weighted by Crippen LogP contribution is 2.38. The first-order valence-electron chi connectivity index (χ1n) is 14.9. The molecule has 290 valence electrons. The van der Waals surface area contributed by atoms with Gasteiger partial charge in [-0.2, -0.15) is 8.42 Å². The molecule has 3 heterocycles. The van der Waals surface area contributed by atoms with E-state index < -0.39 is 152 Å². The van der Waals surface area contributed by atoms with Crippen LogP contribution in [0.4, 0.5) is 0 Å². The van der Waals surface area contributed by atoms with E-state index in [4.69, 9.17) is 28.2 Å². The summed E-state index contributed by atoms with van der Waals surface area (Å²) in [5, 5.41) is 109. The maximum Gasteiger partial charge on any atom is 0.397 e. The number of carboxylic acids is 1. The van der Waals surface area contributed by atoms with E-state index in [2.05, 4.69) is 14.8 Å². The molecule has 3 rings (SSSR count). The zero-order chi connectivity index (χ0) is 37.9. The van der Waals surface area contributed by atoms with Crippen LogP contribution in [-0.4, -0.2) is 199 Å². The first-order valence-corrected chi connectivity index (χ1v) is 16.2. The van der Waals surface area contributed by atoms with Gasteiger partial charge in [0.25, 0.3) is 5.79 Å². The lowest BCUT2D eigenvalue weighted by molar-refractivity contribution is -0.380. The van der Waals surface area contributed by atoms with Gasteiger partial charge in [0.15, 0.2) is 12.6 Å². The molecule has 0 radical (unpaired) electrons. The topological polar surface area (TPSA) is 387 Å². The molecular weight excluding hydrogens is 712 g/mol. The largest absolute Gasteiger partial charge is 0.477 e. The van der Waals surface area contributed by atoms with Crippen molar-refractivity contribution in [2.75, 3.05) is 19.8 Å². The van der Waals surface area contributed by atoms with Crippen LogP contribution in [0.1, 0.15) is 20.3 Å². The molecule has 3 saturated heterocycles. The zero-order valence-electron chi connectivity index (χ0n) is 26.3. The van der Waals surface area contributed by atoms with Crippen molar-refractivity contribution in [2.24, 2.45) is 0 Å². The van der Waals surface area contributed by atoms with Crippen molar-refractivity contribution in [1.29, 1.82) is 0 Å². The maximum absolute atomic E-state index is 12.7. The summed E-state index contributed by atoms with van der Waals surface area (Å²) in [7, 11) is -5.09. The van der Waals surface area contributed by atoms with Gasteiger partial charge in [0.2, 0.25) is 11.8 Å². The van der Waals surface area contributed by atoms with Gasteiger partial charge in [-0.15, -0.1) is 0 Å². The van der Waals surface area contributed by atoms with Crippen molar-refractivity contribution in [2.45, 2.75) is 118 Å². The number of carbonyl (C=O) groups is 3. The second-order valence-electron chi connectivity index (χ2n) is 11.8. The third-order valence-corrected chi connectivity index (χ3v) is 8.50. The Kier molecular flexibility index (Phi) is 14.4. The molecule has 25 heteroatoms. The minimum Gasteiger partial charge on any atom is -0.477 e. The van der Waals surface area contributed by atoms with Crippen LogP contribution in [0.25, 0.3) is 0 Å². The monoisotopic (exact) mass is 754 g/mol. The fourth-order valence-electron chi connectivity index (χ4n) is 5.70. The molecule has 16 atom stereocenters. The first-order chi connectivity index (χ1) is 23.2. The molecule has 0 aromatic carbocycles. The molecule has 3 aliphatic rings. The van der Waals surface area contributed by atoms with Gasteiger partial charge < -0.3 is 85.4 Å². The van der Waals surface area contributed by atoms with Gasteiger partial charge in [-0.1, -0.05) is 0 Å². The third-order valence-electron chi connectivity index (χ3n) is 8.07. The van der Waals surface area contributed by atoms with Crippen LogP contribution in [0.3, 0.4) is 0 Å². The molecular formula is C25H42N2O22S. The predicted molar refractivity (Wildman–Crippen MR) is 152 cm³/mol. The third kappa shape index (κ3) is 9.77. The highest BCUT2D eigenvalue weighted by Gasteiger charge is 2.60. The normalized spacial score (nSPS) is 40.8. The molecule has 0 saturated carbocycles. The Labute approximate surface area is 283 Å². The van der Waals surface area contributed by atoms with E-state index in [0.29, 0.717) is 0 Å². The number of carboxylic acid groups (broad SMARTS) is 1. The van der Waals surface area contributed by atoms with E-state index in [-0.39, 0.29) is 0 Å². The molecule has 0 bridgehead atoms. The fourth-order valence-corrected chi connectivity index (χ4v) is 6.01. The van der Waals surface area contributed by atoms with Crippen molar-refractivity contribution in [1.82, 2.24) is 10.6 Å². The maximum atomic E-state index is 12.7. The van der Waals surface area contributed by atoms with E-state index in [1.54, 1.807) is 0 Å². The number of aliphatic carboxylic acids is 1. The number of carbonyl (C=O) groups excluding carboxylic acids is 2. The van der Waals surface area contributed by atoms with Crippen LogP contribution in [0.2, 0.25) is 0 Å². The molecule has 3 aliphatic heterocycles. The average molecular weight is 755 g/mol. The molecule has 1 unspecified atom stereocenters. The Balaban J connectivity index is 1.99. The Morgan fingerprint density at radius 3 is 2.00 bits per heavy atom. The van der Waals surface area contributed by atoms with E-state index >= 15 is 0 Å². The summed E-state index contributed by atoms with van der Waals surface area (Å²) in [5.74, 6) is -6.76. The van der Waals surface area contributed by atoms with Crippen LogP contribution in [-0.2, 0) is 52.7 Å². The zero-order valence-corrected chi connectivity index (χ0v) is 27.1. The van der Waals surface area contributed by atoms with Crippen molar-refractivity contribution < 1.29 is 106 Å². The lowest BCUT2D eigenvalue weighted by Gasteiger charge is -2.50. The Bertz CT molecular complexity index is 1290. The number of rotatable bonds is 14. The predicted octanol–water partition coefficient (Wildman–Crippen LogP) is -8.25. The smallest absolute Gasteiger partial charge is 0.397 e. The quantitative estimate of drug-likeness (QED) is 0.0732. The summed E-state index contributed by atoms with van der Waals surface area (Å²) in [6.07, 6.45) is -27.6. The fraction of sp³-hybridized carbons (Fsp3) is 0.880. The number of amides is 2. The molecule has 0 spiro atoms. The number of hydrogen-bond acceptors (Lipinski definition) is 20. The van der Waals surface area contributed by atoms with Crippen LogP contribution < -0.4 is 10.6 Å². The van der Waals surface area contributed by atoms with E-state index in [0.717, 1.165) is 13.8 Å². The number of aliphatic hydroxyl groups is 9. The summed E-state index contributed by atoms with van der Waals surface area (Å²) >= 11 is 0. The summed E-state index contributed by atoms with van der Waals surface area (Å²) in [4.78, 5) is 36.4. The Morgan fingerprint density at radius 2 is 1.48 bits per heavy atom. The van der Waals surface area contributed by atoms with Crippen molar-refractivity contribution >= 4 is 28.2 Å². The molecule has 2 amide bonds. The van der Waals surface area contributed by atoms with Gasteiger partial charge in [-0.25, -0.2) is 8.98 Å². The van der Waals surface area contributed by atoms with Crippen LogP contribution >= 0.6 is 0 Å². The molecule has 3 fully saturated rings. The Hall–Kier alpha value is -2.28. The lowest BCUT2D eigenvalue weighted by atomic mass is 9.88. The number of aliphatic hydroxyl groups excluding tert-OH is 9. The van der Waals surface area contributed by atoms with Crippen molar-refractivity contribution in [3.63, 3.8) is 0 Å². The van der Waals surface area contributed by atoms with Crippen LogP contribution in [0.15, 0.2) is 0 Å². The standard InChI is InChI=1S/C25H42N2O22S/c1-7(30)26-13-9(32)3-25(24(39)40,48-20(13)15(34)10(33)4-28)49-21-16(35)11(5-29)46-23(18(21)37)47-19-14(27-8(2)31)22(38)45-12(17(19)36)6-44-50(41,42)43/h9-23,28-29,32-38H,3-6H2,1-2H3,(H,26,30)(H,27,31)(H,39,40)(H,41,42,43)/t9-,10+,11+,12+,13+,14+,15+,16-,17+,18+,19+,20+,21-,22?,23-,25-/m0/s1. The number of hydrogen-bond donors (Lipinski definition) is 13. The molecule has 24 nitrogen and oxygen atoms in total. The molecule has 0 aromatic heterocycles. The second kappa shape index (κ2) is 17.0. The van der Waals surface area contributed by atoms with Gasteiger partial charge in [-0.3, -0.25) is 14.1 Å². The summed E-state index contributed by atoms with van der Waals surface area (Å²) in [6.45, 7) is -1.27. The van der Waals surface area contributed by atoms with E-state index in [1.165, 1.54) is 0 Å². The minimum absolute atomic E-state index is 0.789. The molecule has 50 heavy (non-hydrogen) atoms. The average Bonchev–Trinajstić information content (AvgIpc) is 3.02. The van der Waals surface area contributed by atoms with Gasteiger partial charge >= 0.3 is 16.4 Å². The van der Waals surface area contributed by atoms with Gasteiger partial charge in [-0.05, 0) is 0 Å². The molecule has 13 N–H and O–H groups in total. The minimum atomic E-state index is -5.09. The van der Waals surface area contributed by atoms with Crippen LogP contribution in [0.5, 0.6) is 0 Å². The van der Waals surface area contributed by atoms with Crippen molar-refractivity contribution in [3.05, 3.63) is 0 Å². The van der Waals surface area contributed by atoms with Gasteiger partial charge in [0.1, 0.15) is 67.1 Å². The summed E-state index contributed by atoms with van der Waals surface area (Å²) in [5.41, 5.74) is 0. The first kappa shape index (κ1) is 42.1. The number of nitrogens with one attached hydrogen (secondary N) is 2. The summed E-state index contributed by atoms with van der Waals surface area (Å²) in [6, 6.07) is -3.30. The van der Waals surface area contributed by atoms with Gasteiger partial charge in [0, 0.05) is 20.3 Å². The molecule has 0 aromatic rings. The highest BCUT2D eigenvalue weighted by atomic mass is 32.3. The lowest BCUT2D eigenvalue weighted by Crippen LogP contribution is -2.71. The van der Waals surface area contributed by atoms with Gasteiger partial charge in [0.05, 0.1) is 32.0 Å². The van der Waals surface area contributed by atoms with E-state index in [9.17, 15) is 73.9 Å². The number of ether oxygens (including phenoxy) is 5. The van der Waals surface area contributed by atoms with E-state index in [1.807, 2.05) is 0 Å². The SMILES string of the molecule is CC(=O)N[C@H]1[C@H]([C@H](O)[C@H](O)CO)O[C@@](O[C@H]2[C@@H](O)[C@@H](CO)O[C@@H](O[C@H]3[C@H](O)[C@@H](COS(=O)(=O)O)OC(O)[C@@H]3NC(C)=O)[C@@H]2O)(C(=O)O)C[C@@H]1O. The van der Waals surface area contributed by atoms with Crippen LogP contribution in [0, 0.1) is 0 Å². The summed E-state index contributed by atoms with van der Waals surface area (Å²) < 4.78 is 62.5. The second-order valence-corrected chi connectivity index (χ2v) is 12.9. The highest BCUT2D eigenvalue weighted by molar-refractivity contribution is 7.80.